The highest BCUT2D eigenvalue weighted by molar-refractivity contribution is 5.41. The van der Waals surface area contributed by atoms with Gasteiger partial charge in [-0.1, -0.05) is 24.1 Å². The lowest BCUT2D eigenvalue weighted by Gasteiger charge is -2.17. The van der Waals surface area contributed by atoms with Crippen LogP contribution in [0.25, 0.3) is 0 Å². The minimum Gasteiger partial charge on any atom is -0.394 e. The van der Waals surface area contributed by atoms with Crippen LogP contribution < -0.4 is 0 Å². The van der Waals surface area contributed by atoms with Crippen LogP contribution in [0.2, 0.25) is 0 Å². The number of aliphatic hydroxyl groups is 3. The van der Waals surface area contributed by atoms with Crippen LogP contribution in [-0.4, -0.2) is 28.0 Å². The molecule has 0 bridgehead atoms. The lowest BCUT2D eigenvalue weighted by molar-refractivity contribution is -0.0153. The Balaban J connectivity index is 3.01. The summed E-state index contributed by atoms with van der Waals surface area (Å²) in [6.07, 6.45) is 2.87. The molecule has 1 rings (SSSR count). The van der Waals surface area contributed by atoms with E-state index in [9.17, 15) is 10.2 Å². The van der Waals surface area contributed by atoms with Gasteiger partial charge in [0.2, 0.25) is 0 Å². The fourth-order valence-electron chi connectivity index (χ4n) is 1.19. The van der Waals surface area contributed by atoms with E-state index >= 15 is 0 Å². The van der Waals surface area contributed by atoms with E-state index in [1.807, 2.05) is 0 Å². The Morgan fingerprint density at radius 2 is 1.93 bits per heavy atom. The third-order valence-electron chi connectivity index (χ3n) is 1.99. The minimum atomic E-state index is -1.20. The smallest absolute Gasteiger partial charge is 0.108 e. The minimum absolute atomic E-state index is 0.455. The first-order valence-electron chi connectivity index (χ1n) is 4.23. The van der Waals surface area contributed by atoms with Gasteiger partial charge in [-0.25, -0.2) is 0 Å². The number of terminal acetylenes is 1. The lowest BCUT2D eigenvalue weighted by atomic mass is 9.99. The molecule has 0 aliphatic rings. The zero-order valence-corrected chi connectivity index (χ0v) is 7.59. The molecule has 3 heteroatoms. The molecule has 0 aliphatic heterocycles. The van der Waals surface area contributed by atoms with Crippen LogP contribution in [0.5, 0.6) is 0 Å². The summed E-state index contributed by atoms with van der Waals surface area (Å²) in [6, 6.07) is 6.75. The van der Waals surface area contributed by atoms with Gasteiger partial charge in [0.25, 0.3) is 0 Å². The second-order valence-electron chi connectivity index (χ2n) is 2.93. The standard InChI is InChI=1S/C11H12O3/c1-2-8-5-3-4-6-9(8)11(14)10(13)7-12/h1,3-6,10-14H,7H2. The van der Waals surface area contributed by atoms with E-state index in [1.165, 1.54) is 0 Å². The molecule has 1 aromatic rings. The molecule has 0 aliphatic carbocycles. The van der Waals surface area contributed by atoms with Crippen molar-refractivity contribution in [1.29, 1.82) is 0 Å². The Kier molecular flexibility index (Phi) is 3.66. The van der Waals surface area contributed by atoms with Gasteiger partial charge in [-0.15, -0.1) is 6.42 Å². The maximum Gasteiger partial charge on any atom is 0.108 e. The van der Waals surface area contributed by atoms with Gasteiger partial charge in [0, 0.05) is 5.56 Å². The third kappa shape index (κ3) is 2.12. The van der Waals surface area contributed by atoms with E-state index < -0.39 is 18.8 Å². The van der Waals surface area contributed by atoms with Crippen molar-refractivity contribution in [2.75, 3.05) is 6.61 Å². The van der Waals surface area contributed by atoms with E-state index in [-0.39, 0.29) is 0 Å². The Morgan fingerprint density at radius 1 is 1.29 bits per heavy atom. The van der Waals surface area contributed by atoms with E-state index in [4.69, 9.17) is 11.5 Å². The van der Waals surface area contributed by atoms with Gasteiger partial charge in [-0.2, -0.15) is 0 Å². The molecular formula is C11H12O3. The molecule has 0 heterocycles. The van der Waals surface area contributed by atoms with Gasteiger partial charge >= 0.3 is 0 Å². The van der Waals surface area contributed by atoms with E-state index in [2.05, 4.69) is 5.92 Å². The molecule has 1 aromatic carbocycles. The first-order chi connectivity index (χ1) is 6.70. The lowest BCUT2D eigenvalue weighted by Crippen LogP contribution is -2.22. The number of aliphatic hydroxyl groups excluding tert-OH is 3. The summed E-state index contributed by atoms with van der Waals surface area (Å²) in [6.45, 7) is -0.500. The monoisotopic (exact) mass is 192 g/mol. The largest absolute Gasteiger partial charge is 0.394 e. The highest BCUT2D eigenvalue weighted by Gasteiger charge is 2.19. The highest BCUT2D eigenvalue weighted by atomic mass is 16.4. The van der Waals surface area contributed by atoms with E-state index in [0.717, 1.165) is 0 Å². The molecule has 3 N–H and O–H groups in total. The van der Waals surface area contributed by atoms with E-state index in [1.54, 1.807) is 24.3 Å². The van der Waals surface area contributed by atoms with Crippen LogP contribution in [0, 0.1) is 12.3 Å². The quantitative estimate of drug-likeness (QED) is 0.593. The van der Waals surface area contributed by atoms with Gasteiger partial charge in [0.15, 0.2) is 0 Å². The Bertz CT molecular complexity index is 341. The second-order valence-corrected chi connectivity index (χ2v) is 2.93. The van der Waals surface area contributed by atoms with Crippen molar-refractivity contribution >= 4 is 0 Å². The molecule has 2 atom stereocenters. The number of benzene rings is 1. The normalized spacial score (nSPS) is 14.4. The first-order valence-corrected chi connectivity index (χ1v) is 4.23. The molecule has 2 unspecified atom stereocenters. The molecule has 0 saturated heterocycles. The van der Waals surface area contributed by atoms with Crippen molar-refractivity contribution < 1.29 is 15.3 Å². The zero-order valence-electron chi connectivity index (χ0n) is 7.59. The summed E-state index contributed by atoms with van der Waals surface area (Å²) < 4.78 is 0. The summed E-state index contributed by atoms with van der Waals surface area (Å²) in [4.78, 5) is 0. The third-order valence-corrected chi connectivity index (χ3v) is 1.99. The van der Waals surface area contributed by atoms with Crippen molar-refractivity contribution in [3.63, 3.8) is 0 Å². The van der Waals surface area contributed by atoms with Crippen LogP contribution in [0.4, 0.5) is 0 Å². The maximum atomic E-state index is 9.60. The van der Waals surface area contributed by atoms with Gasteiger partial charge in [0.1, 0.15) is 12.2 Å². The molecule has 0 fully saturated rings. The highest BCUT2D eigenvalue weighted by Crippen LogP contribution is 2.20. The number of hydrogen-bond acceptors (Lipinski definition) is 3. The summed E-state index contributed by atoms with van der Waals surface area (Å²) >= 11 is 0. The molecule has 0 saturated carbocycles. The van der Waals surface area contributed by atoms with Gasteiger partial charge in [-0.05, 0) is 11.6 Å². The molecule has 0 radical (unpaired) electrons. The van der Waals surface area contributed by atoms with E-state index in [0.29, 0.717) is 11.1 Å². The summed E-state index contributed by atoms with van der Waals surface area (Å²) in [5, 5.41) is 27.5. The van der Waals surface area contributed by atoms with Gasteiger partial charge < -0.3 is 15.3 Å². The number of rotatable bonds is 3. The van der Waals surface area contributed by atoms with Crippen molar-refractivity contribution in [1.82, 2.24) is 0 Å². The maximum absolute atomic E-state index is 9.60. The van der Waals surface area contributed by atoms with Crippen molar-refractivity contribution in [2.24, 2.45) is 0 Å². The molecule has 3 nitrogen and oxygen atoms in total. The predicted molar refractivity (Wildman–Crippen MR) is 52.4 cm³/mol. The van der Waals surface area contributed by atoms with Gasteiger partial charge in [0.05, 0.1) is 6.61 Å². The van der Waals surface area contributed by atoms with Crippen molar-refractivity contribution in [3.05, 3.63) is 35.4 Å². The van der Waals surface area contributed by atoms with Crippen LogP contribution in [0.15, 0.2) is 24.3 Å². The Hall–Kier alpha value is -1.34. The molecule has 0 spiro atoms. The molecule has 0 aromatic heterocycles. The summed E-state index contributed by atoms with van der Waals surface area (Å²) in [5.41, 5.74) is 0.976. The first kappa shape index (κ1) is 10.7. The molecule has 14 heavy (non-hydrogen) atoms. The van der Waals surface area contributed by atoms with Gasteiger partial charge in [-0.3, -0.25) is 0 Å². The molecule has 0 amide bonds. The zero-order chi connectivity index (χ0) is 10.6. The van der Waals surface area contributed by atoms with Crippen molar-refractivity contribution in [3.8, 4) is 12.3 Å². The SMILES string of the molecule is C#Cc1ccccc1C(O)C(O)CO. The fourth-order valence-corrected chi connectivity index (χ4v) is 1.19. The fraction of sp³-hybridized carbons (Fsp3) is 0.273. The van der Waals surface area contributed by atoms with Crippen LogP contribution >= 0.6 is 0 Å². The van der Waals surface area contributed by atoms with Crippen LogP contribution in [0.1, 0.15) is 17.2 Å². The Morgan fingerprint density at radius 3 is 2.50 bits per heavy atom. The summed E-state index contributed by atoms with van der Waals surface area (Å²) in [5.74, 6) is 2.40. The predicted octanol–water partition coefficient (Wildman–Crippen LogP) is 0.0545. The molecular weight excluding hydrogens is 180 g/mol. The van der Waals surface area contributed by atoms with Crippen LogP contribution in [-0.2, 0) is 0 Å². The summed E-state index contributed by atoms with van der Waals surface area (Å²) in [7, 11) is 0. The number of hydrogen-bond donors (Lipinski definition) is 3. The van der Waals surface area contributed by atoms with Crippen molar-refractivity contribution in [2.45, 2.75) is 12.2 Å². The second kappa shape index (κ2) is 4.77. The average Bonchev–Trinajstić information content (AvgIpc) is 2.26. The average molecular weight is 192 g/mol. The topological polar surface area (TPSA) is 60.7 Å². The Labute approximate surface area is 82.6 Å². The molecule has 74 valence electrons. The van der Waals surface area contributed by atoms with Crippen LogP contribution in [0.3, 0.4) is 0 Å².